The highest BCUT2D eigenvalue weighted by atomic mass is 32.2. The van der Waals surface area contributed by atoms with Gasteiger partial charge in [0.05, 0.1) is 35.1 Å². The van der Waals surface area contributed by atoms with Gasteiger partial charge in [0.25, 0.3) is 5.91 Å². The summed E-state index contributed by atoms with van der Waals surface area (Å²) in [6.45, 7) is 6.31. The first-order valence-corrected chi connectivity index (χ1v) is 13.4. The minimum Gasteiger partial charge on any atom is -0.494 e. The van der Waals surface area contributed by atoms with Gasteiger partial charge in [-0.05, 0) is 61.6 Å². The highest BCUT2D eigenvalue weighted by Crippen LogP contribution is 2.42. The minimum absolute atomic E-state index is 0.00127. The van der Waals surface area contributed by atoms with Gasteiger partial charge in [0.15, 0.2) is 15.3 Å². The van der Waals surface area contributed by atoms with E-state index in [1.165, 1.54) is 0 Å². The molecule has 0 spiro atoms. The number of carbonyl (C=O) groups excluding carboxylic acids is 1. The molecule has 2 aromatic carbocycles. The van der Waals surface area contributed by atoms with Crippen LogP contribution < -0.4 is 10.2 Å². The van der Waals surface area contributed by atoms with Crippen molar-refractivity contribution in [1.82, 2.24) is 4.90 Å². The third-order valence-corrected chi connectivity index (χ3v) is 8.34. The molecule has 8 heteroatoms. The van der Waals surface area contributed by atoms with Crippen molar-refractivity contribution in [3.05, 3.63) is 74.6 Å². The molecule has 1 amide bonds. The highest BCUT2D eigenvalue weighted by molar-refractivity contribution is 7.91. The number of ether oxygens (including phenoxy) is 1. The third-order valence-electron chi connectivity index (χ3n) is 6.59. The van der Waals surface area contributed by atoms with Crippen LogP contribution in [0.1, 0.15) is 58.6 Å². The average Bonchev–Trinajstić information content (AvgIpc) is 3.29. The van der Waals surface area contributed by atoms with Gasteiger partial charge in [0.2, 0.25) is 5.76 Å². The molecule has 0 bridgehead atoms. The Kier molecular flexibility index (Phi) is 5.51. The summed E-state index contributed by atoms with van der Waals surface area (Å²) in [6, 6.07) is 9.73. The summed E-state index contributed by atoms with van der Waals surface area (Å²) < 4.78 is 36.5. The molecule has 2 aliphatic rings. The Morgan fingerprint density at radius 1 is 1.15 bits per heavy atom. The van der Waals surface area contributed by atoms with Crippen molar-refractivity contribution >= 4 is 26.7 Å². The molecule has 34 heavy (non-hydrogen) atoms. The molecule has 3 heterocycles. The lowest BCUT2D eigenvalue weighted by Gasteiger charge is -2.30. The molecule has 5 rings (SSSR count). The number of nitrogens with zero attached hydrogens (tertiary/aromatic N) is 1. The lowest BCUT2D eigenvalue weighted by atomic mass is 9.96. The molecule has 2 unspecified atom stereocenters. The maximum atomic E-state index is 13.8. The molecular formula is C26H27NO6S. The molecule has 0 aliphatic carbocycles. The van der Waals surface area contributed by atoms with Crippen molar-refractivity contribution in [2.45, 2.75) is 45.7 Å². The van der Waals surface area contributed by atoms with Crippen LogP contribution in [-0.2, 0) is 9.84 Å². The van der Waals surface area contributed by atoms with Gasteiger partial charge < -0.3 is 14.1 Å². The standard InChI is InChI=1S/C26H27NO6S/c1-4-9-32-19-7-5-6-17(13-19)22-21-23(28)20-12-15(2)11-16(3)24(20)33-25(21)26(29)27(22)18-8-10-34(30,31)14-18/h5-7,11-13,18,22H,4,8-10,14H2,1-3H3. The van der Waals surface area contributed by atoms with Crippen molar-refractivity contribution in [2.75, 3.05) is 18.1 Å². The molecule has 2 atom stereocenters. The smallest absolute Gasteiger partial charge is 0.291 e. The van der Waals surface area contributed by atoms with Crippen LogP contribution in [0, 0.1) is 13.8 Å². The number of fused-ring (bicyclic) bond motifs is 2. The Balaban J connectivity index is 1.74. The van der Waals surface area contributed by atoms with Gasteiger partial charge in [-0.2, -0.15) is 0 Å². The second-order valence-corrected chi connectivity index (χ2v) is 11.5. The first-order valence-electron chi connectivity index (χ1n) is 11.5. The largest absolute Gasteiger partial charge is 0.494 e. The lowest BCUT2D eigenvalue weighted by Crippen LogP contribution is -2.40. The van der Waals surface area contributed by atoms with Crippen LogP contribution >= 0.6 is 0 Å². The minimum atomic E-state index is -3.26. The van der Waals surface area contributed by atoms with Crippen LogP contribution in [0.15, 0.2) is 45.6 Å². The van der Waals surface area contributed by atoms with Gasteiger partial charge in [0.1, 0.15) is 11.3 Å². The van der Waals surface area contributed by atoms with Gasteiger partial charge in [-0.25, -0.2) is 8.42 Å². The van der Waals surface area contributed by atoms with Crippen LogP contribution in [0.4, 0.5) is 0 Å². The summed E-state index contributed by atoms with van der Waals surface area (Å²) >= 11 is 0. The summed E-state index contributed by atoms with van der Waals surface area (Å²) in [6.07, 6.45) is 1.17. The van der Waals surface area contributed by atoms with Gasteiger partial charge >= 0.3 is 0 Å². The summed E-state index contributed by atoms with van der Waals surface area (Å²) in [5.74, 6) is 0.0862. The van der Waals surface area contributed by atoms with E-state index in [4.69, 9.17) is 9.15 Å². The van der Waals surface area contributed by atoms with Crippen LogP contribution in [0.5, 0.6) is 5.75 Å². The Bertz CT molecular complexity index is 1470. The molecule has 1 saturated heterocycles. The summed E-state index contributed by atoms with van der Waals surface area (Å²) in [7, 11) is -3.26. The number of sulfone groups is 1. The average molecular weight is 482 g/mol. The SMILES string of the molecule is CCCOc1cccc(C2c3c(oc4c(C)cc(C)cc4c3=O)C(=O)N2C2CCS(=O)(=O)C2)c1. The fourth-order valence-corrected chi connectivity index (χ4v) is 6.85. The molecule has 1 aromatic heterocycles. The van der Waals surface area contributed by atoms with E-state index in [1.807, 2.05) is 51.1 Å². The topological polar surface area (TPSA) is 93.9 Å². The van der Waals surface area contributed by atoms with Crippen LogP contribution in [0.2, 0.25) is 0 Å². The fraction of sp³-hybridized carbons (Fsp3) is 0.385. The predicted molar refractivity (Wildman–Crippen MR) is 129 cm³/mol. The van der Waals surface area contributed by atoms with Crippen molar-refractivity contribution in [3.63, 3.8) is 0 Å². The van der Waals surface area contributed by atoms with Crippen molar-refractivity contribution in [1.29, 1.82) is 0 Å². The van der Waals surface area contributed by atoms with E-state index < -0.39 is 27.8 Å². The Labute approximate surface area is 198 Å². The maximum Gasteiger partial charge on any atom is 0.291 e. The van der Waals surface area contributed by atoms with E-state index in [1.54, 1.807) is 11.0 Å². The monoisotopic (exact) mass is 481 g/mol. The number of carbonyl (C=O) groups is 1. The van der Waals surface area contributed by atoms with E-state index in [-0.39, 0.29) is 28.3 Å². The van der Waals surface area contributed by atoms with E-state index in [9.17, 15) is 18.0 Å². The summed E-state index contributed by atoms with van der Waals surface area (Å²) in [5, 5.41) is 0.424. The maximum absolute atomic E-state index is 13.8. The normalized spacial score (nSPS) is 21.3. The summed E-state index contributed by atoms with van der Waals surface area (Å²) in [4.78, 5) is 29.0. The first kappa shape index (κ1) is 22.7. The molecule has 0 radical (unpaired) electrons. The fourth-order valence-electron chi connectivity index (χ4n) is 5.14. The molecule has 1 fully saturated rings. The molecule has 178 valence electrons. The zero-order valence-electron chi connectivity index (χ0n) is 19.5. The summed E-state index contributed by atoms with van der Waals surface area (Å²) in [5.41, 5.74) is 2.79. The lowest BCUT2D eigenvalue weighted by molar-refractivity contribution is 0.0662. The molecule has 2 aliphatic heterocycles. The number of rotatable bonds is 5. The molecule has 7 nitrogen and oxygen atoms in total. The Morgan fingerprint density at radius 2 is 1.94 bits per heavy atom. The van der Waals surface area contributed by atoms with Crippen LogP contribution in [-0.4, -0.2) is 43.4 Å². The van der Waals surface area contributed by atoms with Gasteiger partial charge in [-0.15, -0.1) is 0 Å². The number of amides is 1. The number of benzene rings is 2. The Morgan fingerprint density at radius 3 is 2.65 bits per heavy atom. The van der Waals surface area contributed by atoms with Crippen LogP contribution in [0.3, 0.4) is 0 Å². The zero-order chi connectivity index (χ0) is 24.2. The van der Waals surface area contributed by atoms with Gasteiger partial charge in [-0.3, -0.25) is 9.59 Å². The zero-order valence-corrected chi connectivity index (χ0v) is 20.3. The van der Waals surface area contributed by atoms with E-state index in [0.717, 1.165) is 17.5 Å². The predicted octanol–water partition coefficient (Wildman–Crippen LogP) is 3.93. The van der Waals surface area contributed by atoms with Crippen molar-refractivity contribution < 1.29 is 22.4 Å². The van der Waals surface area contributed by atoms with Gasteiger partial charge in [-0.1, -0.05) is 25.1 Å². The quantitative estimate of drug-likeness (QED) is 0.548. The van der Waals surface area contributed by atoms with Gasteiger partial charge in [0, 0.05) is 6.04 Å². The van der Waals surface area contributed by atoms with Crippen molar-refractivity contribution in [2.24, 2.45) is 0 Å². The van der Waals surface area contributed by atoms with Crippen LogP contribution in [0.25, 0.3) is 11.0 Å². The van der Waals surface area contributed by atoms with Crippen molar-refractivity contribution in [3.8, 4) is 5.75 Å². The third kappa shape index (κ3) is 3.70. The second-order valence-electron chi connectivity index (χ2n) is 9.23. The van der Waals surface area contributed by atoms with E-state index in [2.05, 4.69) is 0 Å². The molecule has 3 aromatic rings. The van der Waals surface area contributed by atoms with E-state index in [0.29, 0.717) is 35.3 Å². The Hall–Kier alpha value is -3.13. The first-order chi connectivity index (χ1) is 16.2. The van der Waals surface area contributed by atoms with E-state index >= 15 is 0 Å². The molecule has 0 saturated carbocycles. The number of hydrogen-bond donors (Lipinski definition) is 0. The highest BCUT2D eigenvalue weighted by Gasteiger charge is 2.48. The number of aryl methyl sites for hydroxylation is 2. The second kappa shape index (κ2) is 8.27. The molecular weight excluding hydrogens is 454 g/mol. The molecule has 0 N–H and O–H groups in total. The number of hydrogen-bond acceptors (Lipinski definition) is 6.